The van der Waals surface area contributed by atoms with Crippen molar-refractivity contribution in [3.05, 3.63) is 24.0 Å². The summed E-state index contributed by atoms with van der Waals surface area (Å²) >= 11 is 0. The van der Waals surface area contributed by atoms with Crippen molar-refractivity contribution in [2.24, 2.45) is 5.73 Å². The third-order valence-corrected chi connectivity index (χ3v) is 3.71. The van der Waals surface area contributed by atoms with E-state index in [2.05, 4.69) is 13.8 Å². The molecule has 1 aliphatic heterocycles. The van der Waals surface area contributed by atoms with Crippen LogP contribution in [0.3, 0.4) is 0 Å². The van der Waals surface area contributed by atoms with Gasteiger partial charge in [-0.2, -0.15) is 0 Å². The van der Waals surface area contributed by atoms with Gasteiger partial charge in [-0.25, -0.2) is 0 Å². The van der Waals surface area contributed by atoms with Crippen LogP contribution in [0.1, 0.15) is 49.6 Å². The van der Waals surface area contributed by atoms with Crippen molar-refractivity contribution in [1.82, 2.24) is 9.47 Å². The molecule has 2 heterocycles. The summed E-state index contributed by atoms with van der Waals surface area (Å²) in [4.78, 5) is 14.6. The lowest BCUT2D eigenvalue weighted by atomic mass is 10.0. The highest BCUT2D eigenvalue weighted by molar-refractivity contribution is 5.93. The minimum Gasteiger partial charge on any atom is -0.341 e. The Kier molecular flexibility index (Phi) is 4.07. The summed E-state index contributed by atoms with van der Waals surface area (Å²) in [6.45, 7) is 5.58. The topological polar surface area (TPSA) is 51.3 Å². The largest absolute Gasteiger partial charge is 0.341 e. The number of aromatic nitrogens is 1. The maximum atomic E-state index is 12.6. The first kappa shape index (κ1) is 13.1. The molecule has 4 nitrogen and oxygen atoms in total. The maximum absolute atomic E-state index is 12.6. The molecule has 2 N–H and O–H groups in total. The van der Waals surface area contributed by atoms with Crippen molar-refractivity contribution < 1.29 is 4.79 Å². The molecule has 0 radical (unpaired) electrons. The third kappa shape index (κ3) is 2.43. The fourth-order valence-electron chi connectivity index (χ4n) is 2.69. The summed E-state index contributed by atoms with van der Waals surface area (Å²) in [5, 5.41) is 0. The Morgan fingerprint density at radius 1 is 1.50 bits per heavy atom. The van der Waals surface area contributed by atoms with Crippen molar-refractivity contribution >= 4 is 5.91 Å². The number of hydrogen-bond donors (Lipinski definition) is 1. The van der Waals surface area contributed by atoms with E-state index in [0.717, 1.165) is 25.1 Å². The van der Waals surface area contributed by atoms with Gasteiger partial charge in [-0.3, -0.25) is 4.79 Å². The first-order valence-electron chi connectivity index (χ1n) is 6.83. The van der Waals surface area contributed by atoms with Gasteiger partial charge in [0.1, 0.15) is 5.69 Å². The molecule has 0 bridgehead atoms. The molecule has 100 valence electrons. The molecule has 1 aliphatic rings. The van der Waals surface area contributed by atoms with Gasteiger partial charge >= 0.3 is 0 Å². The zero-order chi connectivity index (χ0) is 13.1. The van der Waals surface area contributed by atoms with Crippen LogP contribution < -0.4 is 5.73 Å². The number of carbonyl (C=O) groups is 1. The lowest BCUT2D eigenvalue weighted by molar-refractivity contribution is 0.0610. The van der Waals surface area contributed by atoms with E-state index >= 15 is 0 Å². The average molecular weight is 249 g/mol. The zero-order valence-corrected chi connectivity index (χ0v) is 11.3. The smallest absolute Gasteiger partial charge is 0.270 e. The molecule has 1 unspecified atom stereocenters. The number of nitrogens with zero attached hydrogens (tertiary/aromatic N) is 2. The third-order valence-electron chi connectivity index (χ3n) is 3.71. The fourth-order valence-corrected chi connectivity index (χ4v) is 2.69. The SMILES string of the molecule is CC(C)n1cccc1C(=O)N1CCCCC1CN. The van der Waals surface area contributed by atoms with Crippen LogP contribution in [-0.4, -0.2) is 34.5 Å². The number of likely N-dealkylation sites (tertiary alicyclic amines) is 1. The van der Waals surface area contributed by atoms with Crippen LogP contribution in [0.15, 0.2) is 18.3 Å². The predicted octanol–water partition coefficient (Wildman–Crippen LogP) is 2.02. The standard InChI is InChI=1S/C14H23N3O/c1-11(2)16-9-5-7-13(16)14(18)17-8-4-3-6-12(17)10-15/h5,7,9,11-12H,3-4,6,8,10,15H2,1-2H3. The Hall–Kier alpha value is -1.29. The summed E-state index contributed by atoms with van der Waals surface area (Å²) in [5.41, 5.74) is 6.56. The second kappa shape index (κ2) is 5.57. The number of nitrogens with two attached hydrogens (primary N) is 1. The number of carbonyl (C=O) groups excluding carboxylic acids is 1. The molecule has 1 fully saturated rings. The van der Waals surface area contributed by atoms with Crippen LogP contribution in [0.4, 0.5) is 0 Å². The van der Waals surface area contributed by atoms with Crippen molar-refractivity contribution in [2.75, 3.05) is 13.1 Å². The van der Waals surface area contributed by atoms with E-state index in [4.69, 9.17) is 5.73 Å². The van der Waals surface area contributed by atoms with Crippen molar-refractivity contribution in [1.29, 1.82) is 0 Å². The van der Waals surface area contributed by atoms with Gasteiger partial charge in [0.2, 0.25) is 0 Å². The molecule has 2 rings (SSSR count). The number of piperidine rings is 1. The number of rotatable bonds is 3. The van der Waals surface area contributed by atoms with Gasteiger partial charge in [-0.15, -0.1) is 0 Å². The first-order valence-corrected chi connectivity index (χ1v) is 6.83. The summed E-state index contributed by atoms with van der Waals surface area (Å²) in [7, 11) is 0. The van der Waals surface area contributed by atoms with E-state index in [-0.39, 0.29) is 11.9 Å². The van der Waals surface area contributed by atoms with Gasteiger partial charge in [-0.05, 0) is 45.2 Å². The Bertz CT molecular complexity index is 411. The van der Waals surface area contributed by atoms with Crippen LogP contribution in [0, 0.1) is 0 Å². The van der Waals surface area contributed by atoms with Crippen molar-refractivity contribution in [2.45, 2.75) is 45.2 Å². The minimum absolute atomic E-state index is 0.129. The summed E-state index contributed by atoms with van der Waals surface area (Å²) in [6.07, 6.45) is 5.27. The Morgan fingerprint density at radius 2 is 2.28 bits per heavy atom. The first-order chi connectivity index (χ1) is 8.65. The molecule has 0 spiro atoms. The van der Waals surface area contributed by atoms with Crippen LogP contribution in [0.2, 0.25) is 0 Å². The normalized spacial score (nSPS) is 20.4. The van der Waals surface area contributed by atoms with Crippen LogP contribution >= 0.6 is 0 Å². The highest BCUT2D eigenvalue weighted by atomic mass is 16.2. The molecular formula is C14H23N3O. The molecule has 1 atom stereocenters. The van der Waals surface area contributed by atoms with Gasteiger partial charge in [0, 0.05) is 31.4 Å². The van der Waals surface area contributed by atoms with E-state index in [1.54, 1.807) is 0 Å². The Labute approximate surface area is 109 Å². The molecular weight excluding hydrogens is 226 g/mol. The van der Waals surface area contributed by atoms with Gasteiger partial charge in [0.05, 0.1) is 0 Å². The quantitative estimate of drug-likeness (QED) is 0.891. The summed E-state index contributed by atoms with van der Waals surface area (Å²) in [5.74, 6) is 0.129. The molecule has 1 aromatic rings. The second-order valence-electron chi connectivity index (χ2n) is 5.28. The Morgan fingerprint density at radius 3 is 2.94 bits per heavy atom. The molecule has 4 heteroatoms. The van der Waals surface area contributed by atoms with E-state index in [1.807, 2.05) is 27.8 Å². The summed E-state index contributed by atoms with van der Waals surface area (Å²) < 4.78 is 2.03. The second-order valence-corrected chi connectivity index (χ2v) is 5.28. The maximum Gasteiger partial charge on any atom is 0.270 e. The molecule has 1 aromatic heterocycles. The molecule has 1 saturated heterocycles. The molecule has 18 heavy (non-hydrogen) atoms. The van der Waals surface area contributed by atoms with Gasteiger partial charge in [-0.1, -0.05) is 0 Å². The summed E-state index contributed by atoms with van der Waals surface area (Å²) in [6, 6.07) is 4.36. The number of amides is 1. The fraction of sp³-hybridized carbons (Fsp3) is 0.643. The molecule has 0 saturated carbocycles. The minimum atomic E-state index is 0.129. The van der Waals surface area contributed by atoms with Gasteiger partial charge < -0.3 is 15.2 Å². The average Bonchev–Trinajstić information content (AvgIpc) is 2.87. The zero-order valence-electron chi connectivity index (χ0n) is 11.3. The molecule has 0 aliphatic carbocycles. The van der Waals surface area contributed by atoms with E-state index in [0.29, 0.717) is 12.6 Å². The lowest BCUT2D eigenvalue weighted by Gasteiger charge is -2.35. The van der Waals surface area contributed by atoms with Gasteiger partial charge in [0.25, 0.3) is 5.91 Å². The predicted molar refractivity (Wildman–Crippen MR) is 72.5 cm³/mol. The van der Waals surface area contributed by atoms with E-state index in [9.17, 15) is 4.79 Å². The molecule has 0 aromatic carbocycles. The van der Waals surface area contributed by atoms with Crippen LogP contribution in [0.5, 0.6) is 0 Å². The van der Waals surface area contributed by atoms with Crippen molar-refractivity contribution in [3.8, 4) is 0 Å². The van der Waals surface area contributed by atoms with E-state index in [1.165, 1.54) is 6.42 Å². The van der Waals surface area contributed by atoms with Gasteiger partial charge in [0.15, 0.2) is 0 Å². The molecule has 1 amide bonds. The van der Waals surface area contributed by atoms with Crippen LogP contribution in [-0.2, 0) is 0 Å². The lowest BCUT2D eigenvalue weighted by Crippen LogP contribution is -2.47. The highest BCUT2D eigenvalue weighted by Crippen LogP contribution is 2.20. The number of hydrogen-bond acceptors (Lipinski definition) is 2. The van der Waals surface area contributed by atoms with E-state index < -0.39 is 0 Å². The monoisotopic (exact) mass is 249 g/mol. The van der Waals surface area contributed by atoms with Crippen molar-refractivity contribution in [3.63, 3.8) is 0 Å². The highest BCUT2D eigenvalue weighted by Gasteiger charge is 2.28. The Balaban J connectivity index is 2.21. The van der Waals surface area contributed by atoms with Crippen LogP contribution in [0.25, 0.3) is 0 Å².